The number of ether oxygens (including phenoxy) is 1. The lowest BCUT2D eigenvalue weighted by molar-refractivity contribution is -0.137. The first-order valence-corrected chi connectivity index (χ1v) is 8.13. The molecule has 0 bridgehead atoms. The third-order valence-electron chi connectivity index (χ3n) is 4.34. The Balaban J connectivity index is 1.81. The molecular weight excluding hydrogens is 315 g/mol. The largest absolute Gasteiger partial charge is 0.485 e. The average Bonchev–Trinajstić information content (AvgIpc) is 2.61. The summed E-state index contributed by atoms with van der Waals surface area (Å²) >= 11 is 0. The fourth-order valence-corrected chi connectivity index (χ4v) is 3.09. The molecule has 1 N–H and O–H groups in total. The van der Waals surface area contributed by atoms with Crippen molar-refractivity contribution in [1.82, 2.24) is 5.32 Å². The summed E-state index contributed by atoms with van der Waals surface area (Å²) in [5, 5.41) is 3.37. The van der Waals surface area contributed by atoms with E-state index in [1.807, 2.05) is 30.3 Å². The van der Waals surface area contributed by atoms with Gasteiger partial charge in [-0.3, -0.25) is 0 Å². The molecule has 0 saturated carbocycles. The summed E-state index contributed by atoms with van der Waals surface area (Å²) in [4.78, 5) is 0. The Morgan fingerprint density at radius 1 is 1.00 bits per heavy atom. The SMILES string of the molecule is FC(F)(F)c1ccc(O[C@@H](c2ccccc2)C2CCCNC2)cc1. The Morgan fingerprint density at radius 2 is 1.71 bits per heavy atom. The Kier molecular flexibility index (Phi) is 5.09. The van der Waals surface area contributed by atoms with Crippen LogP contribution >= 0.6 is 0 Å². The highest BCUT2D eigenvalue weighted by atomic mass is 19.4. The number of alkyl halides is 3. The zero-order valence-corrected chi connectivity index (χ0v) is 13.2. The minimum absolute atomic E-state index is 0.171. The highest BCUT2D eigenvalue weighted by Crippen LogP contribution is 2.34. The van der Waals surface area contributed by atoms with Gasteiger partial charge in [-0.1, -0.05) is 30.3 Å². The highest BCUT2D eigenvalue weighted by Gasteiger charge is 2.31. The van der Waals surface area contributed by atoms with E-state index >= 15 is 0 Å². The molecule has 2 aromatic rings. The van der Waals surface area contributed by atoms with Crippen LogP contribution in [0.4, 0.5) is 13.2 Å². The van der Waals surface area contributed by atoms with Crippen LogP contribution in [0.3, 0.4) is 0 Å². The molecular formula is C19H20F3NO. The number of hydrogen-bond acceptors (Lipinski definition) is 2. The first-order valence-electron chi connectivity index (χ1n) is 8.13. The Labute approximate surface area is 139 Å². The van der Waals surface area contributed by atoms with Gasteiger partial charge in [-0.05, 0) is 49.2 Å². The van der Waals surface area contributed by atoms with Gasteiger partial charge in [-0.2, -0.15) is 13.2 Å². The molecule has 1 aliphatic rings. The van der Waals surface area contributed by atoms with E-state index in [-0.39, 0.29) is 6.10 Å². The van der Waals surface area contributed by atoms with Gasteiger partial charge < -0.3 is 10.1 Å². The van der Waals surface area contributed by atoms with Crippen molar-refractivity contribution < 1.29 is 17.9 Å². The maximum atomic E-state index is 12.7. The van der Waals surface area contributed by atoms with E-state index in [0.29, 0.717) is 11.7 Å². The van der Waals surface area contributed by atoms with Crippen LogP contribution in [0.5, 0.6) is 5.75 Å². The summed E-state index contributed by atoms with van der Waals surface area (Å²) in [6.07, 6.45) is -2.39. The van der Waals surface area contributed by atoms with Crippen molar-refractivity contribution in [3.05, 3.63) is 65.7 Å². The van der Waals surface area contributed by atoms with Gasteiger partial charge in [0.15, 0.2) is 0 Å². The van der Waals surface area contributed by atoms with Gasteiger partial charge in [0.1, 0.15) is 11.9 Å². The molecule has 2 atom stereocenters. The van der Waals surface area contributed by atoms with Gasteiger partial charge in [-0.25, -0.2) is 0 Å². The first-order chi connectivity index (χ1) is 11.5. The number of benzene rings is 2. The lowest BCUT2D eigenvalue weighted by Gasteiger charge is -2.31. The zero-order valence-electron chi connectivity index (χ0n) is 13.2. The number of rotatable bonds is 4. The summed E-state index contributed by atoms with van der Waals surface area (Å²) < 4.78 is 44.2. The van der Waals surface area contributed by atoms with Crippen LogP contribution in [0.1, 0.15) is 30.1 Å². The number of halogens is 3. The summed E-state index contributed by atoms with van der Waals surface area (Å²) in [5.41, 5.74) is 0.386. The fourth-order valence-electron chi connectivity index (χ4n) is 3.09. The average molecular weight is 335 g/mol. The van der Waals surface area contributed by atoms with E-state index in [4.69, 9.17) is 4.74 Å². The molecule has 24 heavy (non-hydrogen) atoms. The third kappa shape index (κ3) is 4.09. The molecule has 1 fully saturated rings. The van der Waals surface area contributed by atoms with Crippen molar-refractivity contribution >= 4 is 0 Å². The summed E-state index contributed by atoms with van der Waals surface area (Å²) in [5.74, 6) is 0.755. The summed E-state index contributed by atoms with van der Waals surface area (Å²) in [6.45, 7) is 1.85. The number of nitrogens with one attached hydrogen (secondary N) is 1. The lowest BCUT2D eigenvalue weighted by Crippen LogP contribution is -2.35. The second-order valence-electron chi connectivity index (χ2n) is 6.08. The maximum Gasteiger partial charge on any atom is 0.416 e. The van der Waals surface area contributed by atoms with E-state index in [2.05, 4.69) is 5.32 Å². The van der Waals surface area contributed by atoms with Crippen LogP contribution in [0, 0.1) is 5.92 Å². The maximum absolute atomic E-state index is 12.7. The van der Waals surface area contributed by atoms with Crippen LogP contribution in [0.25, 0.3) is 0 Å². The molecule has 2 aromatic carbocycles. The fraction of sp³-hybridized carbons (Fsp3) is 0.368. The van der Waals surface area contributed by atoms with E-state index in [1.165, 1.54) is 12.1 Å². The van der Waals surface area contributed by atoms with E-state index < -0.39 is 11.7 Å². The Hall–Kier alpha value is -2.01. The lowest BCUT2D eigenvalue weighted by atomic mass is 9.89. The van der Waals surface area contributed by atoms with Crippen LogP contribution < -0.4 is 10.1 Å². The molecule has 0 spiro atoms. The molecule has 1 saturated heterocycles. The van der Waals surface area contributed by atoms with Gasteiger partial charge in [-0.15, -0.1) is 0 Å². The smallest absolute Gasteiger partial charge is 0.416 e. The molecule has 128 valence electrons. The minimum atomic E-state index is -4.33. The topological polar surface area (TPSA) is 21.3 Å². The monoisotopic (exact) mass is 335 g/mol. The highest BCUT2D eigenvalue weighted by molar-refractivity contribution is 5.30. The van der Waals surface area contributed by atoms with Gasteiger partial charge in [0.2, 0.25) is 0 Å². The second-order valence-corrected chi connectivity index (χ2v) is 6.08. The van der Waals surface area contributed by atoms with E-state index in [0.717, 1.165) is 43.6 Å². The molecule has 1 aliphatic heterocycles. The normalized spacial score (nSPS) is 19.7. The Morgan fingerprint density at radius 3 is 2.29 bits per heavy atom. The Bertz CT molecular complexity index is 634. The van der Waals surface area contributed by atoms with Crippen molar-refractivity contribution in [1.29, 1.82) is 0 Å². The third-order valence-corrected chi connectivity index (χ3v) is 4.34. The first kappa shape index (κ1) is 16.8. The quantitative estimate of drug-likeness (QED) is 0.864. The number of hydrogen-bond donors (Lipinski definition) is 1. The van der Waals surface area contributed by atoms with Gasteiger partial charge in [0, 0.05) is 12.5 Å². The zero-order chi connectivity index (χ0) is 17.0. The van der Waals surface area contributed by atoms with Crippen molar-refractivity contribution in [3.63, 3.8) is 0 Å². The molecule has 0 aliphatic carbocycles. The van der Waals surface area contributed by atoms with Crippen molar-refractivity contribution in [2.24, 2.45) is 5.92 Å². The standard InChI is InChI=1S/C19H20F3NO/c20-19(21,22)16-8-10-17(11-9-16)24-18(14-5-2-1-3-6-14)15-7-4-12-23-13-15/h1-3,5-6,8-11,15,18,23H,4,7,12-13H2/t15?,18-/m0/s1. The van der Waals surface area contributed by atoms with Crippen LogP contribution in [0.15, 0.2) is 54.6 Å². The molecule has 1 unspecified atom stereocenters. The molecule has 1 heterocycles. The molecule has 3 rings (SSSR count). The summed E-state index contributed by atoms with van der Waals surface area (Å²) in [7, 11) is 0. The van der Waals surface area contributed by atoms with Crippen molar-refractivity contribution in [3.8, 4) is 5.75 Å². The van der Waals surface area contributed by atoms with Gasteiger partial charge in [0.05, 0.1) is 5.56 Å². The summed E-state index contributed by atoms with van der Waals surface area (Å²) in [6, 6.07) is 14.8. The van der Waals surface area contributed by atoms with Gasteiger partial charge >= 0.3 is 6.18 Å². The van der Waals surface area contributed by atoms with Crippen LogP contribution in [-0.4, -0.2) is 13.1 Å². The van der Waals surface area contributed by atoms with Crippen molar-refractivity contribution in [2.75, 3.05) is 13.1 Å². The van der Waals surface area contributed by atoms with E-state index in [9.17, 15) is 13.2 Å². The van der Waals surface area contributed by atoms with Crippen molar-refractivity contribution in [2.45, 2.75) is 25.1 Å². The molecule has 5 heteroatoms. The van der Waals surface area contributed by atoms with Crippen LogP contribution in [0.2, 0.25) is 0 Å². The molecule has 0 aromatic heterocycles. The molecule has 0 amide bonds. The second kappa shape index (κ2) is 7.26. The molecule has 2 nitrogen and oxygen atoms in total. The molecule has 0 radical (unpaired) electrons. The van der Waals surface area contributed by atoms with Crippen LogP contribution in [-0.2, 0) is 6.18 Å². The minimum Gasteiger partial charge on any atom is -0.485 e. The predicted molar refractivity (Wildman–Crippen MR) is 86.8 cm³/mol. The van der Waals surface area contributed by atoms with E-state index in [1.54, 1.807) is 0 Å². The number of piperidine rings is 1. The predicted octanol–water partition coefficient (Wildman–Crippen LogP) is 4.83. The van der Waals surface area contributed by atoms with Gasteiger partial charge in [0.25, 0.3) is 0 Å².